The van der Waals surface area contributed by atoms with Crippen LogP contribution >= 0.6 is 0 Å². The minimum Gasteiger partial charge on any atom is -0.352 e. The fraction of sp³-hybridized carbons (Fsp3) is 0.167. The molecule has 1 aromatic carbocycles. The quantitative estimate of drug-likeness (QED) is 0.772. The van der Waals surface area contributed by atoms with E-state index in [1.54, 1.807) is 6.20 Å². The highest BCUT2D eigenvalue weighted by Gasteiger charge is 2.21. The number of benzene rings is 1. The first kappa shape index (κ1) is 9.15. The van der Waals surface area contributed by atoms with Crippen molar-refractivity contribution in [3.63, 3.8) is 0 Å². The van der Waals surface area contributed by atoms with E-state index in [0.29, 0.717) is 12.1 Å². The molecule has 4 heteroatoms. The van der Waals surface area contributed by atoms with Gasteiger partial charge in [0, 0.05) is 13.0 Å². The lowest BCUT2D eigenvalue weighted by Gasteiger charge is -2.14. The molecule has 4 nitrogen and oxygen atoms in total. The summed E-state index contributed by atoms with van der Waals surface area (Å²) in [6, 6.07) is 9.87. The van der Waals surface area contributed by atoms with Gasteiger partial charge in [0.05, 0.1) is 23.1 Å². The normalized spacial score (nSPS) is 14.4. The highest BCUT2D eigenvalue weighted by molar-refractivity contribution is 5.96. The number of nitrogens with one attached hydrogen (secondary N) is 1. The fourth-order valence-corrected chi connectivity index (χ4v) is 1.99. The Morgan fingerprint density at radius 1 is 1.25 bits per heavy atom. The van der Waals surface area contributed by atoms with E-state index in [4.69, 9.17) is 0 Å². The molecule has 0 spiro atoms. The summed E-state index contributed by atoms with van der Waals surface area (Å²) < 4.78 is 1.84. The molecule has 0 saturated carbocycles. The number of para-hydroxylation sites is 1. The number of rotatable bonds is 1. The third-order valence-electron chi connectivity index (χ3n) is 2.76. The van der Waals surface area contributed by atoms with Crippen LogP contribution in [-0.2, 0) is 6.42 Å². The second-order valence-corrected chi connectivity index (χ2v) is 3.76. The molecule has 1 aromatic heterocycles. The number of carbonyl (C=O) groups excluding carboxylic acids is 1. The van der Waals surface area contributed by atoms with E-state index >= 15 is 0 Å². The average Bonchev–Trinajstić information content (AvgIpc) is 2.75. The minimum atomic E-state index is -0.0246. The Kier molecular flexibility index (Phi) is 1.99. The standard InChI is InChI=1S/C12H11N3O/c16-12-10-8-14-15(11(10)6-7-13-12)9-4-2-1-3-5-9/h1-5,8H,6-7H2,(H,13,16). The molecule has 0 fully saturated rings. The van der Waals surface area contributed by atoms with Gasteiger partial charge in [0.1, 0.15) is 0 Å². The molecule has 80 valence electrons. The largest absolute Gasteiger partial charge is 0.352 e. The van der Waals surface area contributed by atoms with E-state index in [2.05, 4.69) is 10.4 Å². The van der Waals surface area contributed by atoms with Gasteiger partial charge in [-0.25, -0.2) is 4.68 Å². The molecule has 16 heavy (non-hydrogen) atoms. The van der Waals surface area contributed by atoms with E-state index in [9.17, 15) is 4.79 Å². The van der Waals surface area contributed by atoms with Crippen molar-refractivity contribution in [2.75, 3.05) is 6.54 Å². The molecule has 0 aliphatic carbocycles. The smallest absolute Gasteiger partial charge is 0.254 e. The molecule has 1 N–H and O–H groups in total. The summed E-state index contributed by atoms with van der Waals surface area (Å²) in [7, 11) is 0. The van der Waals surface area contributed by atoms with Crippen molar-refractivity contribution in [3.05, 3.63) is 47.8 Å². The summed E-state index contributed by atoms with van der Waals surface area (Å²) in [4.78, 5) is 11.6. The maximum atomic E-state index is 11.6. The Morgan fingerprint density at radius 2 is 2.06 bits per heavy atom. The SMILES string of the molecule is O=C1NCCc2c1cnn2-c1ccccc1. The van der Waals surface area contributed by atoms with Gasteiger partial charge in [0.15, 0.2) is 0 Å². The molecule has 0 atom stereocenters. The molecule has 0 unspecified atom stereocenters. The predicted octanol–water partition coefficient (Wildman–Crippen LogP) is 1.16. The fourth-order valence-electron chi connectivity index (χ4n) is 1.99. The molecule has 0 saturated heterocycles. The molecule has 2 aromatic rings. The Balaban J connectivity index is 2.13. The van der Waals surface area contributed by atoms with Gasteiger partial charge in [-0.05, 0) is 12.1 Å². The number of carbonyl (C=O) groups is 1. The molecule has 1 amide bonds. The molecule has 3 rings (SSSR count). The first-order chi connectivity index (χ1) is 7.86. The first-order valence-corrected chi connectivity index (χ1v) is 5.27. The zero-order chi connectivity index (χ0) is 11.0. The van der Waals surface area contributed by atoms with Gasteiger partial charge in [0.2, 0.25) is 0 Å². The van der Waals surface area contributed by atoms with Gasteiger partial charge in [-0.2, -0.15) is 5.10 Å². The number of fused-ring (bicyclic) bond motifs is 1. The third-order valence-corrected chi connectivity index (χ3v) is 2.76. The van der Waals surface area contributed by atoms with Crippen LogP contribution in [0, 0.1) is 0 Å². The predicted molar refractivity (Wildman–Crippen MR) is 59.6 cm³/mol. The van der Waals surface area contributed by atoms with E-state index in [1.807, 2.05) is 35.0 Å². The molecule has 2 heterocycles. The topological polar surface area (TPSA) is 46.9 Å². The summed E-state index contributed by atoms with van der Waals surface area (Å²) in [6.45, 7) is 0.685. The minimum absolute atomic E-state index is 0.0246. The van der Waals surface area contributed by atoms with Crippen molar-refractivity contribution < 1.29 is 4.79 Å². The molecule has 1 aliphatic heterocycles. The van der Waals surface area contributed by atoms with Crippen LogP contribution in [0.5, 0.6) is 0 Å². The van der Waals surface area contributed by atoms with Gasteiger partial charge in [-0.15, -0.1) is 0 Å². The van der Waals surface area contributed by atoms with Gasteiger partial charge in [-0.3, -0.25) is 4.79 Å². The molecular formula is C12H11N3O. The van der Waals surface area contributed by atoms with Crippen LogP contribution in [0.15, 0.2) is 36.5 Å². The second kappa shape index (κ2) is 3.48. The zero-order valence-electron chi connectivity index (χ0n) is 8.68. The van der Waals surface area contributed by atoms with Gasteiger partial charge in [-0.1, -0.05) is 18.2 Å². The Labute approximate surface area is 92.9 Å². The van der Waals surface area contributed by atoms with Crippen LogP contribution in [0.1, 0.15) is 16.1 Å². The summed E-state index contributed by atoms with van der Waals surface area (Å²) in [5.74, 6) is -0.0246. The highest BCUT2D eigenvalue weighted by atomic mass is 16.1. The molecule has 1 aliphatic rings. The average molecular weight is 213 g/mol. The number of aromatic nitrogens is 2. The van der Waals surface area contributed by atoms with Crippen LogP contribution in [0.3, 0.4) is 0 Å². The second-order valence-electron chi connectivity index (χ2n) is 3.76. The molecule has 0 radical (unpaired) electrons. The number of hydrogen-bond acceptors (Lipinski definition) is 2. The van der Waals surface area contributed by atoms with Crippen molar-refractivity contribution >= 4 is 5.91 Å². The van der Waals surface area contributed by atoms with Crippen molar-refractivity contribution in [1.82, 2.24) is 15.1 Å². The van der Waals surface area contributed by atoms with E-state index in [1.165, 1.54) is 0 Å². The lowest BCUT2D eigenvalue weighted by Crippen LogP contribution is -2.32. The lowest BCUT2D eigenvalue weighted by atomic mass is 10.1. The molecule has 0 bridgehead atoms. The van der Waals surface area contributed by atoms with E-state index in [-0.39, 0.29) is 5.91 Å². The first-order valence-electron chi connectivity index (χ1n) is 5.27. The van der Waals surface area contributed by atoms with E-state index in [0.717, 1.165) is 17.8 Å². The van der Waals surface area contributed by atoms with Gasteiger partial charge < -0.3 is 5.32 Å². The summed E-state index contributed by atoms with van der Waals surface area (Å²) in [5, 5.41) is 7.09. The van der Waals surface area contributed by atoms with Crippen LogP contribution < -0.4 is 5.32 Å². The van der Waals surface area contributed by atoms with Gasteiger partial charge in [0.25, 0.3) is 5.91 Å². The van der Waals surface area contributed by atoms with E-state index < -0.39 is 0 Å². The zero-order valence-corrected chi connectivity index (χ0v) is 8.68. The monoisotopic (exact) mass is 213 g/mol. The van der Waals surface area contributed by atoms with Gasteiger partial charge >= 0.3 is 0 Å². The Hall–Kier alpha value is -2.10. The highest BCUT2D eigenvalue weighted by Crippen LogP contribution is 2.17. The maximum Gasteiger partial charge on any atom is 0.254 e. The Bertz CT molecular complexity index is 530. The van der Waals surface area contributed by atoms with Crippen LogP contribution in [-0.4, -0.2) is 22.2 Å². The van der Waals surface area contributed by atoms with Crippen molar-refractivity contribution in [2.45, 2.75) is 6.42 Å². The summed E-state index contributed by atoms with van der Waals surface area (Å²) in [5.41, 5.74) is 2.68. The summed E-state index contributed by atoms with van der Waals surface area (Å²) >= 11 is 0. The lowest BCUT2D eigenvalue weighted by molar-refractivity contribution is 0.0945. The van der Waals surface area contributed by atoms with Crippen LogP contribution in [0.25, 0.3) is 5.69 Å². The molecular weight excluding hydrogens is 202 g/mol. The van der Waals surface area contributed by atoms with Crippen molar-refractivity contribution in [1.29, 1.82) is 0 Å². The third kappa shape index (κ3) is 1.31. The summed E-state index contributed by atoms with van der Waals surface area (Å²) in [6.07, 6.45) is 2.47. The number of nitrogens with zero attached hydrogens (tertiary/aromatic N) is 2. The maximum absolute atomic E-state index is 11.6. The number of hydrogen-bond donors (Lipinski definition) is 1. The number of amides is 1. The van der Waals surface area contributed by atoms with Crippen molar-refractivity contribution in [2.24, 2.45) is 0 Å². The van der Waals surface area contributed by atoms with Crippen molar-refractivity contribution in [3.8, 4) is 5.69 Å². The van der Waals surface area contributed by atoms with Crippen LogP contribution in [0.4, 0.5) is 0 Å². The Morgan fingerprint density at radius 3 is 2.88 bits per heavy atom. The van der Waals surface area contributed by atoms with Crippen LogP contribution in [0.2, 0.25) is 0 Å².